The van der Waals surface area contributed by atoms with Gasteiger partial charge in [0.05, 0.1) is 12.5 Å². The van der Waals surface area contributed by atoms with Crippen LogP contribution in [-0.2, 0) is 19.2 Å². The Hall–Kier alpha value is -2.16. The van der Waals surface area contributed by atoms with Crippen LogP contribution in [0.25, 0.3) is 0 Å². The maximum Gasteiger partial charge on any atom is 0.245 e. The Morgan fingerprint density at radius 3 is 2.21 bits per heavy atom. The second-order valence-corrected chi connectivity index (χ2v) is 11.0. The summed E-state index contributed by atoms with van der Waals surface area (Å²) in [5.74, 6) is -0.522. The van der Waals surface area contributed by atoms with Crippen molar-refractivity contribution < 1.29 is 24.4 Å². The van der Waals surface area contributed by atoms with Gasteiger partial charge in [-0.15, -0.1) is 0 Å². The van der Waals surface area contributed by atoms with Crippen LogP contribution < -0.4 is 5.32 Å². The molecule has 2 N–H and O–H groups in total. The number of likely N-dealkylation sites (N-methyl/N-ethyl adjacent to an activating group) is 1. The summed E-state index contributed by atoms with van der Waals surface area (Å²) in [5, 5.41) is 13.3. The Kier molecular flexibility index (Phi) is 10.3. The Balaban J connectivity index is 2.09. The fourth-order valence-electron chi connectivity index (χ4n) is 5.20. The van der Waals surface area contributed by atoms with Gasteiger partial charge in [-0.25, -0.2) is 5.06 Å². The van der Waals surface area contributed by atoms with E-state index in [2.05, 4.69) is 5.32 Å². The van der Waals surface area contributed by atoms with Gasteiger partial charge in [-0.3, -0.25) is 24.4 Å². The molecule has 0 aromatic rings. The summed E-state index contributed by atoms with van der Waals surface area (Å²) >= 11 is 0. The predicted octanol–water partition coefficient (Wildman–Crippen LogP) is 2.42. The average molecular weight is 481 g/mol. The molecule has 0 bridgehead atoms. The van der Waals surface area contributed by atoms with Gasteiger partial charge in [-0.1, -0.05) is 53.4 Å². The maximum atomic E-state index is 13.6. The first-order valence-electron chi connectivity index (χ1n) is 12.7. The lowest BCUT2D eigenvalue weighted by Crippen LogP contribution is -2.58. The molecule has 1 heterocycles. The largest absolute Gasteiger partial charge is 0.344 e. The topological polar surface area (TPSA) is 110 Å². The summed E-state index contributed by atoms with van der Waals surface area (Å²) in [4.78, 5) is 53.4. The summed E-state index contributed by atoms with van der Waals surface area (Å²) in [6, 6.07) is -0.734. The van der Waals surface area contributed by atoms with Crippen molar-refractivity contribution in [3.05, 3.63) is 0 Å². The molecule has 0 spiro atoms. The molecule has 1 aliphatic heterocycles. The van der Waals surface area contributed by atoms with E-state index in [0.29, 0.717) is 56.2 Å². The fourth-order valence-corrected chi connectivity index (χ4v) is 5.20. The molecular formula is C25H44N4O5. The molecule has 0 aromatic heterocycles. The van der Waals surface area contributed by atoms with Crippen molar-refractivity contribution in [2.45, 2.75) is 91.1 Å². The highest BCUT2D eigenvalue weighted by atomic mass is 16.5. The van der Waals surface area contributed by atoms with Gasteiger partial charge in [0.15, 0.2) is 0 Å². The third kappa shape index (κ3) is 7.68. The monoisotopic (exact) mass is 480 g/mol. The first kappa shape index (κ1) is 28.1. The number of carbonyl (C=O) groups is 4. The highest BCUT2D eigenvalue weighted by Gasteiger charge is 2.39. The van der Waals surface area contributed by atoms with E-state index < -0.39 is 17.4 Å². The van der Waals surface area contributed by atoms with E-state index in [1.807, 2.05) is 32.6 Å². The number of amides is 4. The van der Waals surface area contributed by atoms with Crippen molar-refractivity contribution in [2.75, 3.05) is 26.7 Å². The van der Waals surface area contributed by atoms with Crippen LogP contribution in [0.15, 0.2) is 0 Å². The number of hydrogen-bond acceptors (Lipinski definition) is 5. The van der Waals surface area contributed by atoms with E-state index in [9.17, 15) is 24.4 Å². The maximum absolute atomic E-state index is 13.6. The van der Waals surface area contributed by atoms with Crippen molar-refractivity contribution in [3.63, 3.8) is 0 Å². The number of hydroxylamine groups is 2. The lowest BCUT2D eigenvalue weighted by molar-refractivity contribution is -0.156. The summed E-state index contributed by atoms with van der Waals surface area (Å²) in [6.07, 6.45) is 7.14. The van der Waals surface area contributed by atoms with Crippen LogP contribution in [0.4, 0.5) is 0 Å². The van der Waals surface area contributed by atoms with Gasteiger partial charge >= 0.3 is 0 Å². The molecule has 2 rings (SSSR count). The SMILES string of the molecule is CCC(=O)N1CCC(N(C)C(=O)[C@@H](NC(=O)[C@H](CC2CCCC2)CN(O)C=O)C(C)(C)C)CC1. The highest BCUT2D eigenvalue weighted by Crippen LogP contribution is 2.31. The molecule has 2 fully saturated rings. The molecule has 1 aliphatic carbocycles. The van der Waals surface area contributed by atoms with Crippen molar-refractivity contribution in [1.29, 1.82) is 0 Å². The van der Waals surface area contributed by atoms with Gasteiger partial charge in [0.25, 0.3) is 0 Å². The van der Waals surface area contributed by atoms with Crippen LogP contribution in [0.2, 0.25) is 0 Å². The van der Waals surface area contributed by atoms with Crippen LogP contribution in [-0.4, -0.2) is 83.0 Å². The third-order valence-corrected chi connectivity index (χ3v) is 7.41. The molecule has 2 aliphatic rings. The van der Waals surface area contributed by atoms with Gasteiger partial charge in [0.1, 0.15) is 6.04 Å². The minimum atomic E-state index is -0.741. The summed E-state index contributed by atoms with van der Waals surface area (Å²) in [5.41, 5.74) is -0.526. The van der Waals surface area contributed by atoms with Crippen molar-refractivity contribution in [2.24, 2.45) is 17.3 Å². The van der Waals surface area contributed by atoms with Crippen molar-refractivity contribution in [1.82, 2.24) is 20.2 Å². The van der Waals surface area contributed by atoms with Crippen LogP contribution >= 0.6 is 0 Å². The number of piperidine rings is 1. The Labute approximate surface area is 204 Å². The van der Waals surface area contributed by atoms with Crippen LogP contribution in [0.5, 0.6) is 0 Å². The summed E-state index contributed by atoms with van der Waals surface area (Å²) in [6.45, 7) is 8.78. The van der Waals surface area contributed by atoms with Gasteiger partial charge in [-0.2, -0.15) is 0 Å². The molecule has 9 heteroatoms. The van der Waals surface area contributed by atoms with E-state index in [0.717, 1.165) is 25.7 Å². The predicted molar refractivity (Wildman–Crippen MR) is 129 cm³/mol. The molecule has 0 unspecified atom stereocenters. The second-order valence-electron chi connectivity index (χ2n) is 11.0. The Morgan fingerprint density at radius 2 is 1.71 bits per heavy atom. The van der Waals surface area contributed by atoms with Crippen LogP contribution in [0, 0.1) is 17.3 Å². The molecule has 9 nitrogen and oxygen atoms in total. The van der Waals surface area contributed by atoms with E-state index in [4.69, 9.17) is 0 Å². The molecule has 194 valence electrons. The highest BCUT2D eigenvalue weighted by molar-refractivity contribution is 5.89. The van der Waals surface area contributed by atoms with E-state index in [1.54, 1.807) is 11.9 Å². The minimum Gasteiger partial charge on any atom is -0.344 e. The average Bonchev–Trinajstić information content (AvgIpc) is 3.32. The molecule has 2 atom stereocenters. The third-order valence-electron chi connectivity index (χ3n) is 7.41. The number of nitrogens with one attached hydrogen (secondary N) is 1. The zero-order valence-electron chi connectivity index (χ0n) is 21.6. The van der Waals surface area contributed by atoms with Crippen LogP contribution in [0.1, 0.15) is 79.1 Å². The van der Waals surface area contributed by atoms with Gasteiger partial charge in [-0.05, 0) is 30.6 Å². The molecule has 0 aromatic carbocycles. The molecule has 0 radical (unpaired) electrons. The van der Waals surface area contributed by atoms with Crippen molar-refractivity contribution >= 4 is 24.1 Å². The molecular weight excluding hydrogens is 436 g/mol. The summed E-state index contributed by atoms with van der Waals surface area (Å²) in [7, 11) is 1.77. The van der Waals surface area contributed by atoms with Crippen LogP contribution in [0.3, 0.4) is 0 Å². The molecule has 1 saturated heterocycles. The molecule has 1 saturated carbocycles. The lowest BCUT2D eigenvalue weighted by atomic mass is 9.84. The molecule has 4 amide bonds. The normalized spacial score (nSPS) is 19.4. The first-order valence-corrected chi connectivity index (χ1v) is 12.7. The van der Waals surface area contributed by atoms with E-state index >= 15 is 0 Å². The number of likely N-dealkylation sites (tertiary alicyclic amines) is 1. The van der Waals surface area contributed by atoms with Gasteiger partial charge < -0.3 is 15.1 Å². The van der Waals surface area contributed by atoms with E-state index in [1.165, 1.54) is 0 Å². The zero-order valence-corrected chi connectivity index (χ0v) is 21.6. The van der Waals surface area contributed by atoms with Gasteiger partial charge in [0.2, 0.25) is 24.1 Å². The number of nitrogens with zero attached hydrogens (tertiary/aromatic N) is 3. The van der Waals surface area contributed by atoms with Crippen molar-refractivity contribution in [3.8, 4) is 0 Å². The lowest BCUT2D eigenvalue weighted by Gasteiger charge is -2.40. The second kappa shape index (κ2) is 12.5. The first-order chi connectivity index (χ1) is 16.0. The van der Waals surface area contributed by atoms with E-state index in [-0.39, 0.29) is 30.3 Å². The Morgan fingerprint density at radius 1 is 1.12 bits per heavy atom. The quantitative estimate of drug-likeness (QED) is 0.283. The number of rotatable bonds is 10. The minimum absolute atomic E-state index is 0.00689. The number of carbonyl (C=O) groups excluding carboxylic acids is 4. The van der Waals surface area contributed by atoms with Gasteiger partial charge in [0, 0.05) is 32.6 Å². The Bertz CT molecular complexity index is 709. The zero-order chi connectivity index (χ0) is 25.5. The number of hydrogen-bond donors (Lipinski definition) is 2. The standard InChI is InChI=1S/C25H44N4O5/c1-6-21(31)28-13-11-20(12-14-28)27(5)24(33)22(25(2,3)4)26-23(32)19(16-29(34)17-30)15-18-9-7-8-10-18/h17-20,22,34H,6-16H2,1-5H3,(H,26,32)/t19-,22-/m1/s1. The molecule has 34 heavy (non-hydrogen) atoms. The smallest absolute Gasteiger partial charge is 0.245 e. The summed E-state index contributed by atoms with van der Waals surface area (Å²) < 4.78 is 0. The fraction of sp³-hybridized carbons (Fsp3) is 0.840.